The normalized spacial score (nSPS) is 25.5. The zero-order valence-electron chi connectivity index (χ0n) is 17.9. The molecular weight excluding hydrogens is 410 g/mol. The number of ketones is 1. The van der Waals surface area contributed by atoms with Crippen molar-refractivity contribution in [2.45, 2.75) is 37.8 Å². The van der Waals surface area contributed by atoms with Gasteiger partial charge in [-0.3, -0.25) is 9.69 Å². The second-order valence-electron chi connectivity index (χ2n) is 8.52. The molecule has 2 unspecified atom stereocenters. The van der Waals surface area contributed by atoms with E-state index in [2.05, 4.69) is 0 Å². The van der Waals surface area contributed by atoms with Crippen LogP contribution in [0.3, 0.4) is 0 Å². The Morgan fingerprint density at radius 2 is 1.66 bits per heavy atom. The lowest BCUT2D eigenvalue weighted by Crippen LogP contribution is -2.59. The van der Waals surface area contributed by atoms with Crippen molar-refractivity contribution in [3.63, 3.8) is 0 Å². The topological polar surface area (TPSA) is 74.3 Å². The fourth-order valence-electron chi connectivity index (χ4n) is 4.85. The number of hydrogen-bond acceptors (Lipinski definition) is 6. The summed E-state index contributed by atoms with van der Waals surface area (Å²) in [4.78, 5) is 28.0. The number of piperidine rings is 1. The summed E-state index contributed by atoms with van der Waals surface area (Å²) in [5.41, 5.74) is 2.46. The van der Waals surface area contributed by atoms with Crippen molar-refractivity contribution in [1.29, 1.82) is 0 Å². The van der Waals surface area contributed by atoms with Crippen LogP contribution in [-0.4, -0.2) is 55.3 Å². The number of nitrogens with zero attached hydrogens (tertiary/aromatic N) is 1. The number of amides is 1. The van der Waals surface area contributed by atoms with E-state index in [1.807, 2.05) is 54.6 Å². The van der Waals surface area contributed by atoms with E-state index in [0.29, 0.717) is 44.8 Å². The van der Waals surface area contributed by atoms with Crippen LogP contribution < -0.4 is 0 Å². The molecule has 0 spiro atoms. The van der Waals surface area contributed by atoms with Gasteiger partial charge in [-0.05, 0) is 24.5 Å². The minimum Gasteiger partial charge on any atom is -0.445 e. The molecule has 3 aliphatic heterocycles. The zero-order chi connectivity index (χ0) is 21.9. The molecule has 7 heteroatoms. The molecule has 1 amide bonds. The molecular formula is C25H27NO6. The molecule has 0 aliphatic carbocycles. The molecule has 2 aromatic rings. The average Bonchev–Trinajstić information content (AvgIpc) is 3.37. The third-order valence-corrected chi connectivity index (χ3v) is 6.37. The number of carbonyl (C=O) groups excluding carboxylic acids is 2. The van der Waals surface area contributed by atoms with Crippen molar-refractivity contribution in [2.75, 3.05) is 26.4 Å². The molecule has 0 saturated carbocycles. The van der Waals surface area contributed by atoms with Crippen molar-refractivity contribution in [3.05, 3.63) is 71.3 Å². The molecule has 0 N–H and O–H groups in total. The van der Waals surface area contributed by atoms with E-state index < -0.39 is 6.29 Å². The van der Waals surface area contributed by atoms with Crippen LogP contribution in [0.25, 0.3) is 0 Å². The first-order valence-corrected chi connectivity index (χ1v) is 11.1. The number of fused-ring (bicyclic) bond motifs is 2. The Morgan fingerprint density at radius 1 is 0.938 bits per heavy atom. The lowest BCUT2D eigenvalue weighted by atomic mass is 9.80. The summed E-state index contributed by atoms with van der Waals surface area (Å²) in [6.45, 7) is 2.20. The van der Waals surface area contributed by atoms with E-state index >= 15 is 0 Å². The lowest BCUT2D eigenvalue weighted by Gasteiger charge is -2.47. The highest BCUT2D eigenvalue weighted by Crippen LogP contribution is 2.35. The monoisotopic (exact) mass is 437 g/mol. The second kappa shape index (κ2) is 9.40. The number of carbonyl (C=O) groups is 2. The molecule has 2 atom stereocenters. The van der Waals surface area contributed by atoms with Crippen molar-refractivity contribution < 1.29 is 28.5 Å². The Labute approximate surface area is 187 Å². The number of Topliss-reactive ketones (excluding diaryl/α,β-unsaturated/α-hetero) is 1. The summed E-state index contributed by atoms with van der Waals surface area (Å²) >= 11 is 0. The number of hydrogen-bond donors (Lipinski definition) is 0. The quantitative estimate of drug-likeness (QED) is 0.664. The van der Waals surface area contributed by atoms with Crippen molar-refractivity contribution in [2.24, 2.45) is 5.92 Å². The van der Waals surface area contributed by atoms with Crippen LogP contribution in [0, 0.1) is 5.92 Å². The Balaban J connectivity index is 1.25. The van der Waals surface area contributed by atoms with Gasteiger partial charge in [-0.15, -0.1) is 0 Å². The highest BCUT2D eigenvalue weighted by Gasteiger charge is 2.44. The standard InChI is InChI=1S/C25H27NO6/c27-23(18-7-4-8-19(11-18)24-30-9-10-31-24)20-12-21-15-29-16-22(13-20)26(21)25(28)32-14-17-5-2-1-3-6-17/h1-8,11,20-22,24H,9-10,12-16H2. The third-order valence-electron chi connectivity index (χ3n) is 6.37. The Hall–Kier alpha value is -2.74. The molecule has 3 aliphatic rings. The van der Waals surface area contributed by atoms with Gasteiger partial charge in [-0.2, -0.15) is 0 Å². The van der Waals surface area contributed by atoms with Crippen molar-refractivity contribution in [3.8, 4) is 0 Å². The molecule has 7 nitrogen and oxygen atoms in total. The van der Waals surface area contributed by atoms with Crippen LogP contribution in [0.1, 0.15) is 40.6 Å². The molecule has 32 heavy (non-hydrogen) atoms. The van der Waals surface area contributed by atoms with Gasteiger partial charge in [0.25, 0.3) is 0 Å². The van der Waals surface area contributed by atoms with Gasteiger partial charge in [0.2, 0.25) is 0 Å². The minimum absolute atomic E-state index is 0.0963. The van der Waals surface area contributed by atoms with Crippen LogP contribution in [0.4, 0.5) is 4.79 Å². The van der Waals surface area contributed by atoms with E-state index in [1.54, 1.807) is 4.90 Å². The summed E-state index contributed by atoms with van der Waals surface area (Å²) in [5, 5.41) is 0. The number of benzene rings is 2. The zero-order valence-corrected chi connectivity index (χ0v) is 17.9. The van der Waals surface area contributed by atoms with Crippen molar-refractivity contribution in [1.82, 2.24) is 4.90 Å². The summed E-state index contributed by atoms with van der Waals surface area (Å²) < 4.78 is 22.4. The van der Waals surface area contributed by atoms with Gasteiger partial charge in [0.15, 0.2) is 12.1 Å². The summed E-state index contributed by atoms with van der Waals surface area (Å²) in [7, 11) is 0. The van der Waals surface area contributed by atoms with Crippen LogP contribution in [0.2, 0.25) is 0 Å². The van der Waals surface area contributed by atoms with E-state index in [1.165, 1.54) is 0 Å². The Kier molecular flexibility index (Phi) is 6.21. The smallest absolute Gasteiger partial charge is 0.410 e. The fraction of sp³-hybridized carbons (Fsp3) is 0.440. The maximum Gasteiger partial charge on any atom is 0.410 e. The Morgan fingerprint density at radius 3 is 2.38 bits per heavy atom. The average molecular weight is 437 g/mol. The summed E-state index contributed by atoms with van der Waals surface area (Å²) in [6, 6.07) is 16.8. The van der Waals surface area contributed by atoms with Gasteiger partial charge in [-0.25, -0.2) is 4.79 Å². The highest BCUT2D eigenvalue weighted by atomic mass is 16.7. The fourth-order valence-corrected chi connectivity index (χ4v) is 4.85. The lowest BCUT2D eigenvalue weighted by molar-refractivity contribution is -0.0755. The van der Waals surface area contributed by atoms with Crippen LogP contribution >= 0.6 is 0 Å². The third kappa shape index (κ3) is 4.41. The first kappa shape index (κ1) is 21.1. The van der Waals surface area contributed by atoms with E-state index in [4.69, 9.17) is 18.9 Å². The van der Waals surface area contributed by atoms with Gasteiger partial charge < -0.3 is 18.9 Å². The maximum absolute atomic E-state index is 13.3. The van der Waals surface area contributed by atoms with Gasteiger partial charge >= 0.3 is 6.09 Å². The number of morpholine rings is 1. The summed E-state index contributed by atoms with van der Waals surface area (Å²) in [5.74, 6) is -0.0632. The SMILES string of the molecule is O=C(c1cccc(C2OCCO2)c1)C1CC2COCC(C1)N2C(=O)OCc1ccccc1. The maximum atomic E-state index is 13.3. The van der Waals surface area contributed by atoms with Crippen LogP contribution in [-0.2, 0) is 25.6 Å². The number of rotatable bonds is 5. The van der Waals surface area contributed by atoms with Crippen molar-refractivity contribution >= 4 is 11.9 Å². The molecule has 3 heterocycles. The van der Waals surface area contributed by atoms with E-state index in [-0.39, 0.29) is 36.5 Å². The molecule has 3 saturated heterocycles. The number of ether oxygens (including phenoxy) is 4. The molecule has 2 aromatic carbocycles. The van der Waals surface area contributed by atoms with Gasteiger partial charge in [0.1, 0.15) is 6.61 Å². The molecule has 5 rings (SSSR count). The molecule has 0 aromatic heterocycles. The predicted octanol–water partition coefficient (Wildman–Crippen LogP) is 3.73. The summed E-state index contributed by atoms with van der Waals surface area (Å²) in [6.07, 6.45) is 0.389. The molecule has 168 valence electrons. The van der Waals surface area contributed by atoms with E-state index in [9.17, 15) is 9.59 Å². The molecule has 3 fully saturated rings. The van der Waals surface area contributed by atoms with Gasteiger partial charge in [0.05, 0.1) is 38.5 Å². The van der Waals surface area contributed by atoms with Gasteiger partial charge in [-0.1, -0.05) is 48.5 Å². The van der Waals surface area contributed by atoms with Gasteiger partial charge in [0, 0.05) is 17.0 Å². The van der Waals surface area contributed by atoms with E-state index in [0.717, 1.165) is 11.1 Å². The first-order chi connectivity index (χ1) is 15.7. The first-order valence-electron chi connectivity index (χ1n) is 11.1. The highest BCUT2D eigenvalue weighted by molar-refractivity contribution is 5.98. The largest absolute Gasteiger partial charge is 0.445 e. The Bertz CT molecular complexity index is 944. The molecule has 2 bridgehead atoms. The van der Waals surface area contributed by atoms with Crippen LogP contribution in [0.5, 0.6) is 0 Å². The minimum atomic E-state index is -0.406. The predicted molar refractivity (Wildman–Crippen MR) is 115 cm³/mol. The molecule has 0 radical (unpaired) electrons. The second-order valence-corrected chi connectivity index (χ2v) is 8.52. The van der Waals surface area contributed by atoms with Crippen LogP contribution in [0.15, 0.2) is 54.6 Å².